The number of rotatable bonds is 9. The van der Waals surface area contributed by atoms with Crippen LogP contribution in [0.2, 0.25) is 0 Å². The lowest BCUT2D eigenvalue weighted by atomic mass is 9.75. The van der Waals surface area contributed by atoms with Gasteiger partial charge in [0.05, 0.1) is 0 Å². The normalized spacial score (nSPS) is 27.2. The lowest BCUT2D eigenvalue weighted by molar-refractivity contribution is 0.195. The van der Waals surface area contributed by atoms with Gasteiger partial charge < -0.3 is 5.32 Å². The van der Waals surface area contributed by atoms with Gasteiger partial charge in [-0.3, -0.25) is 0 Å². The highest BCUT2D eigenvalue weighted by Crippen LogP contribution is 2.35. The summed E-state index contributed by atoms with van der Waals surface area (Å²) >= 11 is 0. The summed E-state index contributed by atoms with van der Waals surface area (Å²) in [5, 5.41) is 3.79. The Balaban J connectivity index is 2.39. The van der Waals surface area contributed by atoms with Crippen molar-refractivity contribution in [2.75, 3.05) is 6.54 Å². The topological polar surface area (TPSA) is 12.0 Å². The van der Waals surface area contributed by atoms with Crippen molar-refractivity contribution in [1.29, 1.82) is 0 Å². The van der Waals surface area contributed by atoms with Crippen LogP contribution in [0.25, 0.3) is 0 Å². The molecule has 0 aromatic heterocycles. The molecule has 0 aromatic carbocycles. The lowest BCUT2D eigenvalue weighted by Crippen LogP contribution is -2.39. The maximum atomic E-state index is 3.79. The second-order valence-corrected chi connectivity index (χ2v) is 6.86. The molecule has 0 heterocycles. The summed E-state index contributed by atoms with van der Waals surface area (Å²) in [4.78, 5) is 0. The molecule has 1 aliphatic carbocycles. The Labute approximate surface area is 121 Å². The van der Waals surface area contributed by atoms with E-state index in [1.165, 1.54) is 57.8 Å². The van der Waals surface area contributed by atoms with Gasteiger partial charge in [0.25, 0.3) is 0 Å². The smallest absolute Gasteiger partial charge is 0.00977 e. The molecule has 114 valence electrons. The molecule has 19 heavy (non-hydrogen) atoms. The minimum Gasteiger partial charge on any atom is -0.314 e. The van der Waals surface area contributed by atoms with E-state index in [1.54, 1.807) is 0 Å². The van der Waals surface area contributed by atoms with Gasteiger partial charge in [0, 0.05) is 6.04 Å². The standard InChI is InChI=1S/C18H37N/c1-5-8-15(4)14-18(19-7-3)17-12-10-16(9-6-2)11-13-17/h15-19H,5-14H2,1-4H3. The maximum absolute atomic E-state index is 3.79. The summed E-state index contributed by atoms with van der Waals surface area (Å²) in [5.74, 6) is 2.88. The minimum absolute atomic E-state index is 0.786. The van der Waals surface area contributed by atoms with Crippen LogP contribution in [0.5, 0.6) is 0 Å². The highest BCUT2D eigenvalue weighted by Gasteiger charge is 2.27. The molecular formula is C18H37N. The first kappa shape index (κ1) is 17.0. The highest BCUT2D eigenvalue weighted by molar-refractivity contribution is 4.83. The van der Waals surface area contributed by atoms with Crippen molar-refractivity contribution in [2.45, 2.75) is 91.5 Å². The highest BCUT2D eigenvalue weighted by atomic mass is 14.9. The van der Waals surface area contributed by atoms with E-state index >= 15 is 0 Å². The van der Waals surface area contributed by atoms with E-state index < -0.39 is 0 Å². The van der Waals surface area contributed by atoms with Crippen LogP contribution in [0.4, 0.5) is 0 Å². The zero-order valence-corrected chi connectivity index (χ0v) is 13.9. The Morgan fingerprint density at radius 1 is 1.00 bits per heavy atom. The average molecular weight is 268 g/mol. The first-order valence-corrected chi connectivity index (χ1v) is 8.94. The van der Waals surface area contributed by atoms with Crippen LogP contribution in [0.1, 0.15) is 85.5 Å². The monoisotopic (exact) mass is 267 g/mol. The largest absolute Gasteiger partial charge is 0.314 e. The van der Waals surface area contributed by atoms with Crippen LogP contribution in [0, 0.1) is 17.8 Å². The van der Waals surface area contributed by atoms with Crippen LogP contribution < -0.4 is 5.32 Å². The number of nitrogens with one attached hydrogen (secondary N) is 1. The second-order valence-electron chi connectivity index (χ2n) is 6.86. The molecule has 0 aliphatic heterocycles. The van der Waals surface area contributed by atoms with Gasteiger partial charge in [-0.15, -0.1) is 0 Å². The van der Waals surface area contributed by atoms with Gasteiger partial charge in [-0.05, 0) is 43.6 Å². The number of hydrogen-bond donors (Lipinski definition) is 1. The van der Waals surface area contributed by atoms with Gasteiger partial charge in [0.1, 0.15) is 0 Å². The third-order valence-corrected chi connectivity index (χ3v) is 5.06. The summed E-state index contributed by atoms with van der Waals surface area (Å²) in [7, 11) is 0. The van der Waals surface area contributed by atoms with Crippen molar-refractivity contribution >= 4 is 0 Å². The first-order chi connectivity index (χ1) is 9.21. The fourth-order valence-corrected chi connectivity index (χ4v) is 4.04. The van der Waals surface area contributed by atoms with Crippen molar-refractivity contribution < 1.29 is 0 Å². The molecule has 0 radical (unpaired) electrons. The third-order valence-electron chi connectivity index (χ3n) is 5.06. The van der Waals surface area contributed by atoms with E-state index in [0.717, 1.165) is 30.3 Å². The Morgan fingerprint density at radius 3 is 2.21 bits per heavy atom. The van der Waals surface area contributed by atoms with Gasteiger partial charge >= 0.3 is 0 Å². The van der Waals surface area contributed by atoms with Gasteiger partial charge in [0.2, 0.25) is 0 Å². The van der Waals surface area contributed by atoms with Crippen LogP contribution >= 0.6 is 0 Å². The van der Waals surface area contributed by atoms with E-state index in [-0.39, 0.29) is 0 Å². The fraction of sp³-hybridized carbons (Fsp3) is 1.00. The van der Waals surface area contributed by atoms with E-state index in [0.29, 0.717) is 0 Å². The van der Waals surface area contributed by atoms with Crippen LogP contribution in [0.3, 0.4) is 0 Å². The molecule has 0 aromatic rings. The Kier molecular flexibility index (Phi) is 8.77. The Bertz CT molecular complexity index is 206. The average Bonchev–Trinajstić information content (AvgIpc) is 2.40. The molecular weight excluding hydrogens is 230 g/mol. The molecule has 0 amide bonds. The molecule has 1 saturated carbocycles. The van der Waals surface area contributed by atoms with E-state index in [9.17, 15) is 0 Å². The summed E-state index contributed by atoms with van der Waals surface area (Å²) in [6, 6.07) is 0.786. The predicted octanol–water partition coefficient (Wildman–Crippen LogP) is 5.40. The SMILES string of the molecule is CCCC(C)CC(NCC)C1CCC(CCC)CC1. The maximum Gasteiger partial charge on any atom is 0.00977 e. The molecule has 1 N–H and O–H groups in total. The number of hydrogen-bond acceptors (Lipinski definition) is 1. The first-order valence-electron chi connectivity index (χ1n) is 8.94. The third kappa shape index (κ3) is 6.29. The predicted molar refractivity (Wildman–Crippen MR) is 86.5 cm³/mol. The molecule has 1 aliphatic rings. The molecule has 2 unspecified atom stereocenters. The van der Waals surface area contributed by atoms with Crippen molar-refractivity contribution in [3.63, 3.8) is 0 Å². The summed E-state index contributed by atoms with van der Waals surface area (Å²) in [6.45, 7) is 10.5. The van der Waals surface area contributed by atoms with Crippen molar-refractivity contribution in [3.05, 3.63) is 0 Å². The zero-order valence-electron chi connectivity index (χ0n) is 13.9. The molecule has 1 nitrogen and oxygen atoms in total. The van der Waals surface area contributed by atoms with E-state index in [1.807, 2.05) is 0 Å². The van der Waals surface area contributed by atoms with Gasteiger partial charge in [-0.25, -0.2) is 0 Å². The summed E-state index contributed by atoms with van der Waals surface area (Å²) in [6.07, 6.45) is 12.9. The second kappa shape index (κ2) is 9.80. The Hall–Kier alpha value is -0.0400. The Morgan fingerprint density at radius 2 is 1.68 bits per heavy atom. The van der Waals surface area contributed by atoms with Gasteiger partial charge in [0.15, 0.2) is 0 Å². The molecule has 1 heteroatoms. The molecule has 1 fully saturated rings. The molecule has 2 atom stereocenters. The van der Waals surface area contributed by atoms with Crippen LogP contribution in [-0.2, 0) is 0 Å². The quantitative estimate of drug-likeness (QED) is 0.590. The minimum atomic E-state index is 0.786. The molecule has 0 spiro atoms. The zero-order chi connectivity index (χ0) is 14.1. The van der Waals surface area contributed by atoms with E-state index in [4.69, 9.17) is 0 Å². The molecule has 0 saturated heterocycles. The van der Waals surface area contributed by atoms with Gasteiger partial charge in [-0.1, -0.05) is 66.2 Å². The van der Waals surface area contributed by atoms with Crippen LogP contribution in [-0.4, -0.2) is 12.6 Å². The van der Waals surface area contributed by atoms with E-state index in [2.05, 4.69) is 33.0 Å². The lowest BCUT2D eigenvalue weighted by Gasteiger charge is -2.35. The molecule has 1 rings (SSSR count). The summed E-state index contributed by atoms with van der Waals surface area (Å²) in [5.41, 5.74) is 0. The molecule has 0 bridgehead atoms. The van der Waals surface area contributed by atoms with Crippen molar-refractivity contribution in [3.8, 4) is 0 Å². The van der Waals surface area contributed by atoms with Gasteiger partial charge in [-0.2, -0.15) is 0 Å². The van der Waals surface area contributed by atoms with Crippen LogP contribution in [0.15, 0.2) is 0 Å². The van der Waals surface area contributed by atoms with Crippen molar-refractivity contribution in [2.24, 2.45) is 17.8 Å². The fourth-order valence-electron chi connectivity index (χ4n) is 4.04. The van der Waals surface area contributed by atoms with Crippen molar-refractivity contribution in [1.82, 2.24) is 5.32 Å². The summed E-state index contributed by atoms with van der Waals surface area (Å²) < 4.78 is 0.